The van der Waals surface area contributed by atoms with Crippen molar-refractivity contribution in [3.05, 3.63) is 53.9 Å². The van der Waals surface area contributed by atoms with Gasteiger partial charge in [-0.3, -0.25) is 0 Å². The number of aromatic nitrogens is 2. The van der Waals surface area contributed by atoms with Crippen LogP contribution in [0.25, 0.3) is 21.8 Å². The Balaban J connectivity index is 1.77. The topological polar surface area (TPSA) is 32.3 Å². The van der Waals surface area contributed by atoms with Gasteiger partial charge in [-0.2, -0.15) is 0 Å². The molecule has 0 saturated carbocycles. The molecule has 3 heterocycles. The summed E-state index contributed by atoms with van der Waals surface area (Å²) in [6, 6.07) is 16.6. The summed E-state index contributed by atoms with van der Waals surface area (Å²) in [5, 5.41) is 2.09. The van der Waals surface area contributed by atoms with Crippen molar-refractivity contribution in [2.24, 2.45) is 0 Å². The lowest BCUT2D eigenvalue weighted by Gasteiger charge is -2.32. The number of benzene rings is 1. The van der Waals surface area contributed by atoms with E-state index in [1.54, 1.807) is 11.3 Å². The molecule has 5 heteroatoms. The van der Waals surface area contributed by atoms with Crippen LogP contribution in [0.4, 0.5) is 5.95 Å². The van der Waals surface area contributed by atoms with Gasteiger partial charge < -0.3 is 9.80 Å². The maximum Gasteiger partial charge on any atom is 0.226 e. The Morgan fingerprint density at radius 2 is 1.62 bits per heavy atom. The van der Waals surface area contributed by atoms with Crippen molar-refractivity contribution in [3.63, 3.8) is 0 Å². The summed E-state index contributed by atoms with van der Waals surface area (Å²) in [6.07, 6.45) is 0. The molecule has 0 amide bonds. The Kier molecular flexibility index (Phi) is 4.28. The van der Waals surface area contributed by atoms with Gasteiger partial charge in [0.05, 0.1) is 16.3 Å². The molecule has 122 valence electrons. The van der Waals surface area contributed by atoms with Crippen molar-refractivity contribution < 1.29 is 0 Å². The fourth-order valence-electron chi connectivity index (χ4n) is 2.89. The van der Waals surface area contributed by atoms with E-state index in [2.05, 4.69) is 64.7 Å². The maximum absolute atomic E-state index is 4.86. The molecule has 0 N–H and O–H groups in total. The van der Waals surface area contributed by atoms with E-state index in [0.29, 0.717) is 0 Å². The molecule has 1 fully saturated rings. The molecule has 0 atom stereocenters. The monoisotopic (exact) mass is 336 g/mol. The highest BCUT2D eigenvalue weighted by Gasteiger charge is 2.18. The summed E-state index contributed by atoms with van der Waals surface area (Å²) in [5.74, 6) is 0.841. The largest absolute Gasteiger partial charge is 0.338 e. The van der Waals surface area contributed by atoms with Crippen LogP contribution in [0.2, 0.25) is 0 Å². The zero-order chi connectivity index (χ0) is 16.4. The number of piperazine rings is 1. The van der Waals surface area contributed by atoms with Gasteiger partial charge in [0.15, 0.2) is 0 Å². The third-order valence-electron chi connectivity index (χ3n) is 4.34. The highest BCUT2D eigenvalue weighted by Crippen LogP contribution is 2.29. The first-order valence-corrected chi connectivity index (χ1v) is 9.09. The van der Waals surface area contributed by atoms with Gasteiger partial charge in [0.25, 0.3) is 0 Å². The van der Waals surface area contributed by atoms with Gasteiger partial charge in [-0.15, -0.1) is 11.3 Å². The average Bonchev–Trinajstić information content (AvgIpc) is 3.17. The van der Waals surface area contributed by atoms with E-state index in [1.165, 1.54) is 4.88 Å². The predicted octanol–water partition coefficient (Wildman–Crippen LogP) is 3.62. The molecule has 4 rings (SSSR count). The second-order valence-electron chi connectivity index (χ2n) is 6.07. The van der Waals surface area contributed by atoms with Gasteiger partial charge in [0, 0.05) is 31.7 Å². The van der Waals surface area contributed by atoms with E-state index in [0.717, 1.165) is 49.1 Å². The number of thiophene rings is 1. The SMILES string of the molecule is CN1CCN(c2nc(-c3ccccc3)cc(-c3cccs3)n2)CC1. The van der Waals surface area contributed by atoms with E-state index in [4.69, 9.17) is 9.97 Å². The molecule has 0 radical (unpaired) electrons. The summed E-state index contributed by atoms with van der Waals surface area (Å²) in [5.41, 5.74) is 3.13. The van der Waals surface area contributed by atoms with Crippen LogP contribution in [0.15, 0.2) is 53.9 Å². The van der Waals surface area contributed by atoms with Gasteiger partial charge in [-0.25, -0.2) is 9.97 Å². The van der Waals surface area contributed by atoms with Crippen molar-refractivity contribution in [1.82, 2.24) is 14.9 Å². The second-order valence-corrected chi connectivity index (χ2v) is 7.02. The summed E-state index contributed by atoms with van der Waals surface area (Å²) < 4.78 is 0. The van der Waals surface area contributed by atoms with Crippen LogP contribution < -0.4 is 4.90 Å². The third-order valence-corrected chi connectivity index (χ3v) is 5.24. The first-order chi connectivity index (χ1) is 11.8. The average molecular weight is 336 g/mol. The lowest BCUT2D eigenvalue weighted by Crippen LogP contribution is -2.45. The molecular formula is C19H20N4S. The number of anilines is 1. The van der Waals surface area contributed by atoms with Crippen LogP contribution in [0.5, 0.6) is 0 Å². The Morgan fingerprint density at radius 1 is 0.875 bits per heavy atom. The van der Waals surface area contributed by atoms with Gasteiger partial charge in [-0.1, -0.05) is 36.4 Å². The Morgan fingerprint density at radius 3 is 2.33 bits per heavy atom. The fraction of sp³-hybridized carbons (Fsp3) is 0.263. The minimum atomic E-state index is 0.841. The number of hydrogen-bond donors (Lipinski definition) is 0. The number of rotatable bonds is 3. The Bertz CT molecular complexity index is 793. The molecule has 24 heavy (non-hydrogen) atoms. The van der Waals surface area contributed by atoms with E-state index < -0.39 is 0 Å². The molecule has 3 aromatic rings. The Labute approximate surface area is 146 Å². The minimum Gasteiger partial charge on any atom is -0.338 e. The number of nitrogens with zero attached hydrogens (tertiary/aromatic N) is 4. The number of likely N-dealkylation sites (N-methyl/N-ethyl adjacent to an activating group) is 1. The van der Waals surface area contributed by atoms with Crippen LogP contribution >= 0.6 is 11.3 Å². The molecule has 1 aliphatic rings. The smallest absolute Gasteiger partial charge is 0.226 e. The van der Waals surface area contributed by atoms with E-state index >= 15 is 0 Å². The van der Waals surface area contributed by atoms with Crippen molar-refractivity contribution in [3.8, 4) is 21.8 Å². The molecule has 0 spiro atoms. The fourth-order valence-corrected chi connectivity index (χ4v) is 3.58. The van der Waals surface area contributed by atoms with Crippen molar-refractivity contribution in [2.45, 2.75) is 0 Å². The molecule has 2 aromatic heterocycles. The molecule has 1 aromatic carbocycles. The zero-order valence-electron chi connectivity index (χ0n) is 13.7. The zero-order valence-corrected chi connectivity index (χ0v) is 14.5. The standard InChI is InChI=1S/C19H20N4S/c1-22-9-11-23(12-10-22)19-20-16(15-6-3-2-4-7-15)14-17(21-19)18-8-5-13-24-18/h2-8,13-14H,9-12H2,1H3. The lowest BCUT2D eigenvalue weighted by molar-refractivity contribution is 0.311. The molecule has 0 unspecified atom stereocenters. The van der Waals surface area contributed by atoms with Crippen molar-refractivity contribution in [1.29, 1.82) is 0 Å². The Hall–Kier alpha value is -2.24. The molecule has 0 bridgehead atoms. The van der Waals surface area contributed by atoms with Crippen LogP contribution in [-0.2, 0) is 0 Å². The first-order valence-electron chi connectivity index (χ1n) is 8.21. The number of hydrogen-bond acceptors (Lipinski definition) is 5. The van der Waals surface area contributed by atoms with E-state index in [1.807, 2.05) is 6.07 Å². The van der Waals surface area contributed by atoms with Crippen LogP contribution in [0.1, 0.15) is 0 Å². The van der Waals surface area contributed by atoms with Crippen LogP contribution in [0, 0.1) is 0 Å². The van der Waals surface area contributed by atoms with Gasteiger partial charge in [0.2, 0.25) is 5.95 Å². The van der Waals surface area contributed by atoms with Crippen LogP contribution in [0.3, 0.4) is 0 Å². The van der Waals surface area contributed by atoms with Crippen LogP contribution in [-0.4, -0.2) is 48.1 Å². The summed E-state index contributed by atoms with van der Waals surface area (Å²) in [4.78, 5) is 15.5. The first kappa shape index (κ1) is 15.3. The minimum absolute atomic E-state index is 0.841. The lowest BCUT2D eigenvalue weighted by atomic mass is 10.1. The van der Waals surface area contributed by atoms with Gasteiger partial charge >= 0.3 is 0 Å². The predicted molar refractivity (Wildman–Crippen MR) is 100 cm³/mol. The maximum atomic E-state index is 4.86. The highest BCUT2D eigenvalue weighted by molar-refractivity contribution is 7.13. The second kappa shape index (κ2) is 6.71. The molecule has 1 aliphatic heterocycles. The molecule has 0 aliphatic carbocycles. The van der Waals surface area contributed by atoms with Crippen molar-refractivity contribution in [2.75, 3.05) is 38.1 Å². The van der Waals surface area contributed by atoms with Crippen molar-refractivity contribution >= 4 is 17.3 Å². The van der Waals surface area contributed by atoms with Gasteiger partial charge in [0.1, 0.15) is 0 Å². The van der Waals surface area contributed by atoms with Gasteiger partial charge in [-0.05, 0) is 24.6 Å². The highest BCUT2D eigenvalue weighted by atomic mass is 32.1. The third kappa shape index (κ3) is 3.18. The summed E-state index contributed by atoms with van der Waals surface area (Å²) in [7, 11) is 2.16. The molecule has 1 saturated heterocycles. The normalized spacial score (nSPS) is 15.6. The van der Waals surface area contributed by atoms with E-state index in [-0.39, 0.29) is 0 Å². The quantitative estimate of drug-likeness (QED) is 0.731. The summed E-state index contributed by atoms with van der Waals surface area (Å²) >= 11 is 1.72. The van der Waals surface area contributed by atoms with E-state index in [9.17, 15) is 0 Å². The molecule has 4 nitrogen and oxygen atoms in total. The molecular weight excluding hydrogens is 316 g/mol. The summed E-state index contributed by atoms with van der Waals surface area (Å²) in [6.45, 7) is 4.04.